The molecule has 0 spiro atoms. The first-order chi connectivity index (χ1) is 7.33. The number of carbonyl (C=O) groups excluding carboxylic acids is 1. The highest BCUT2D eigenvalue weighted by molar-refractivity contribution is 5.52. The Labute approximate surface area is 89.9 Å². The van der Waals surface area contributed by atoms with Crippen molar-refractivity contribution in [3.05, 3.63) is 28.8 Å². The highest BCUT2D eigenvalue weighted by atomic mass is 16.3. The smallest absolute Gasteiger partial charge is 0.120 e. The lowest BCUT2D eigenvalue weighted by Crippen LogP contribution is -2.07. The molecule has 0 aliphatic heterocycles. The average molecular weight is 204 g/mol. The van der Waals surface area contributed by atoms with Crippen LogP contribution in [0.1, 0.15) is 36.0 Å². The molecule has 0 saturated carbocycles. The molecule has 2 heteroatoms. The molecule has 0 saturated heterocycles. The molecule has 0 unspecified atom stereocenters. The first kappa shape index (κ1) is 10.2. The minimum atomic E-state index is 0.430. The van der Waals surface area contributed by atoms with Gasteiger partial charge in [0.25, 0.3) is 0 Å². The van der Waals surface area contributed by atoms with E-state index in [0.717, 1.165) is 37.5 Å². The second kappa shape index (κ2) is 4.47. The number of fused-ring (bicyclic) bond motifs is 1. The lowest BCUT2D eigenvalue weighted by molar-refractivity contribution is -0.107. The van der Waals surface area contributed by atoms with Crippen LogP contribution in [0.15, 0.2) is 12.1 Å². The van der Waals surface area contributed by atoms with Gasteiger partial charge in [-0.3, -0.25) is 0 Å². The number of rotatable bonds is 3. The molecular formula is C13H16O2. The maximum atomic E-state index is 10.4. The van der Waals surface area contributed by atoms with E-state index in [1.807, 2.05) is 6.07 Å². The molecule has 0 atom stereocenters. The molecule has 0 radical (unpaired) electrons. The molecule has 15 heavy (non-hydrogen) atoms. The Morgan fingerprint density at radius 3 is 2.67 bits per heavy atom. The third-order valence-corrected chi connectivity index (χ3v) is 3.14. The second-order valence-corrected chi connectivity index (χ2v) is 4.11. The van der Waals surface area contributed by atoms with Gasteiger partial charge in [-0.2, -0.15) is 0 Å². The third-order valence-electron chi connectivity index (χ3n) is 3.14. The molecule has 0 fully saturated rings. The maximum absolute atomic E-state index is 10.4. The van der Waals surface area contributed by atoms with E-state index in [2.05, 4.69) is 0 Å². The summed E-state index contributed by atoms with van der Waals surface area (Å²) in [5, 5.41) is 9.74. The van der Waals surface area contributed by atoms with Crippen LogP contribution in [0.25, 0.3) is 0 Å². The molecule has 0 amide bonds. The van der Waals surface area contributed by atoms with Gasteiger partial charge in [0.05, 0.1) is 0 Å². The van der Waals surface area contributed by atoms with Crippen molar-refractivity contribution < 1.29 is 9.90 Å². The SMILES string of the molecule is O=CCCc1ccc(O)c2c1CCCC2. The van der Waals surface area contributed by atoms with E-state index in [-0.39, 0.29) is 0 Å². The average Bonchev–Trinajstić information content (AvgIpc) is 2.29. The summed E-state index contributed by atoms with van der Waals surface area (Å²) in [5.41, 5.74) is 3.65. The summed E-state index contributed by atoms with van der Waals surface area (Å²) in [7, 11) is 0. The Hall–Kier alpha value is -1.31. The fourth-order valence-corrected chi connectivity index (χ4v) is 2.37. The van der Waals surface area contributed by atoms with Crippen LogP contribution in [-0.4, -0.2) is 11.4 Å². The van der Waals surface area contributed by atoms with Gasteiger partial charge in [-0.05, 0) is 54.9 Å². The van der Waals surface area contributed by atoms with E-state index in [1.165, 1.54) is 17.5 Å². The standard InChI is InChI=1S/C13H16O2/c14-9-3-4-10-7-8-13(15)12-6-2-1-5-11(10)12/h7-9,15H,1-6H2. The van der Waals surface area contributed by atoms with Crippen molar-refractivity contribution in [2.45, 2.75) is 38.5 Å². The molecule has 1 aliphatic rings. The Kier molecular flexibility index (Phi) is 3.05. The quantitative estimate of drug-likeness (QED) is 0.768. The first-order valence-corrected chi connectivity index (χ1v) is 5.59. The van der Waals surface area contributed by atoms with Crippen molar-refractivity contribution in [2.75, 3.05) is 0 Å². The van der Waals surface area contributed by atoms with Crippen LogP contribution in [0, 0.1) is 0 Å². The minimum absolute atomic E-state index is 0.430. The van der Waals surface area contributed by atoms with Crippen molar-refractivity contribution in [2.24, 2.45) is 0 Å². The fourth-order valence-electron chi connectivity index (χ4n) is 2.37. The third kappa shape index (κ3) is 2.04. The van der Waals surface area contributed by atoms with E-state index in [4.69, 9.17) is 0 Å². The maximum Gasteiger partial charge on any atom is 0.120 e. The number of hydrogen-bond acceptors (Lipinski definition) is 2. The number of phenolic OH excluding ortho intramolecular Hbond substituents is 1. The van der Waals surface area contributed by atoms with Crippen LogP contribution in [0.5, 0.6) is 5.75 Å². The van der Waals surface area contributed by atoms with Gasteiger partial charge in [0.15, 0.2) is 0 Å². The zero-order valence-electron chi connectivity index (χ0n) is 8.83. The van der Waals surface area contributed by atoms with E-state index in [0.29, 0.717) is 12.2 Å². The molecule has 80 valence electrons. The number of aromatic hydroxyl groups is 1. The van der Waals surface area contributed by atoms with Crippen LogP contribution in [-0.2, 0) is 24.1 Å². The van der Waals surface area contributed by atoms with Crippen LogP contribution in [0.2, 0.25) is 0 Å². The van der Waals surface area contributed by atoms with Crippen LogP contribution in [0.4, 0.5) is 0 Å². The molecular weight excluding hydrogens is 188 g/mol. The number of carbonyl (C=O) groups is 1. The number of hydrogen-bond donors (Lipinski definition) is 1. The predicted octanol–water partition coefficient (Wildman–Crippen LogP) is 2.40. The monoisotopic (exact) mass is 204 g/mol. The molecule has 1 aromatic rings. The Bertz CT molecular complexity index is 369. The first-order valence-electron chi connectivity index (χ1n) is 5.59. The van der Waals surface area contributed by atoms with Gasteiger partial charge in [0, 0.05) is 6.42 Å². The zero-order chi connectivity index (χ0) is 10.7. The predicted molar refractivity (Wildman–Crippen MR) is 59.1 cm³/mol. The van der Waals surface area contributed by atoms with Crippen LogP contribution >= 0.6 is 0 Å². The van der Waals surface area contributed by atoms with Crippen LogP contribution in [0.3, 0.4) is 0 Å². The lowest BCUT2D eigenvalue weighted by atomic mass is 9.86. The molecule has 0 heterocycles. The number of aryl methyl sites for hydroxylation is 1. The summed E-state index contributed by atoms with van der Waals surface area (Å²) >= 11 is 0. The van der Waals surface area contributed by atoms with Gasteiger partial charge in [0.1, 0.15) is 12.0 Å². The molecule has 1 aliphatic carbocycles. The summed E-state index contributed by atoms with van der Waals surface area (Å²) < 4.78 is 0. The van der Waals surface area contributed by atoms with Gasteiger partial charge < -0.3 is 9.90 Å². The summed E-state index contributed by atoms with van der Waals surface area (Å²) in [4.78, 5) is 10.4. The van der Waals surface area contributed by atoms with E-state index in [9.17, 15) is 9.90 Å². The van der Waals surface area contributed by atoms with Gasteiger partial charge in [0.2, 0.25) is 0 Å². The van der Waals surface area contributed by atoms with E-state index >= 15 is 0 Å². The Morgan fingerprint density at radius 2 is 1.93 bits per heavy atom. The fraction of sp³-hybridized carbons (Fsp3) is 0.462. The number of aldehydes is 1. The number of phenols is 1. The molecule has 0 aromatic heterocycles. The normalized spacial score (nSPS) is 14.7. The van der Waals surface area contributed by atoms with Gasteiger partial charge in [-0.15, -0.1) is 0 Å². The molecule has 2 nitrogen and oxygen atoms in total. The molecule has 2 rings (SSSR count). The van der Waals surface area contributed by atoms with Crippen LogP contribution < -0.4 is 0 Å². The zero-order valence-corrected chi connectivity index (χ0v) is 8.83. The summed E-state index contributed by atoms with van der Waals surface area (Å²) in [6.45, 7) is 0. The summed E-state index contributed by atoms with van der Waals surface area (Å²) in [6, 6.07) is 3.73. The van der Waals surface area contributed by atoms with Crippen molar-refractivity contribution in [1.29, 1.82) is 0 Å². The highest BCUT2D eigenvalue weighted by Gasteiger charge is 2.16. The van der Waals surface area contributed by atoms with Gasteiger partial charge in [-0.25, -0.2) is 0 Å². The van der Waals surface area contributed by atoms with Crippen molar-refractivity contribution in [3.63, 3.8) is 0 Å². The van der Waals surface area contributed by atoms with Gasteiger partial charge >= 0.3 is 0 Å². The summed E-state index contributed by atoms with van der Waals surface area (Å²) in [6.07, 6.45) is 6.75. The van der Waals surface area contributed by atoms with Gasteiger partial charge in [-0.1, -0.05) is 6.07 Å². The lowest BCUT2D eigenvalue weighted by Gasteiger charge is -2.20. The van der Waals surface area contributed by atoms with Crippen molar-refractivity contribution >= 4 is 6.29 Å². The second-order valence-electron chi connectivity index (χ2n) is 4.11. The highest BCUT2D eigenvalue weighted by Crippen LogP contribution is 2.31. The minimum Gasteiger partial charge on any atom is -0.508 e. The Morgan fingerprint density at radius 1 is 1.20 bits per heavy atom. The summed E-state index contributed by atoms with van der Waals surface area (Å²) in [5.74, 6) is 0.430. The van der Waals surface area contributed by atoms with Crippen molar-refractivity contribution in [3.8, 4) is 5.75 Å². The molecule has 1 N–H and O–H groups in total. The van der Waals surface area contributed by atoms with E-state index < -0.39 is 0 Å². The molecule has 1 aromatic carbocycles. The number of benzene rings is 1. The molecule has 0 bridgehead atoms. The Balaban J connectivity index is 2.34. The largest absolute Gasteiger partial charge is 0.508 e. The topological polar surface area (TPSA) is 37.3 Å². The van der Waals surface area contributed by atoms with Crippen molar-refractivity contribution in [1.82, 2.24) is 0 Å². The van der Waals surface area contributed by atoms with E-state index in [1.54, 1.807) is 6.07 Å².